The van der Waals surface area contributed by atoms with Crippen LogP contribution in [0, 0.1) is 10.1 Å². The highest BCUT2D eigenvalue weighted by Gasteiger charge is 2.29. The van der Waals surface area contributed by atoms with Gasteiger partial charge in [0, 0.05) is 18.6 Å². The number of halogens is 3. The normalized spacial score (nSPS) is 15.2. The summed E-state index contributed by atoms with van der Waals surface area (Å²) in [5.41, 5.74) is -0.568. The molecule has 0 unspecified atom stereocenters. The quantitative estimate of drug-likeness (QED) is 0.426. The van der Waals surface area contributed by atoms with Gasteiger partial charge in [-0.3, -0.25) is 10.1 Å². The third-order valence-electron chi connectivity index (χ3n) is 1.77. The Bertz CT molecular complexity index is 365. The first-order valence-corrected chi connectivity index (χ1v) is 4.39. The molecule has 0 aliphatic carbocycles. The molecule has 0 aromatic heterocycles. The maximum absolute atomic E-state index is 12.1. The molecule has 90 valence electrons. The summed E-state index contributed by atoms with van der Waals surface area (Å²) in [6.07, 6.45) is -0.996. The minimum absolute atomic E-state index is 0.127. The van der Waals surface area contributed by atoms with Crippen molar-refractivity contribution in [3.63, 3.8) is 0 Å². The summed E-state index contributed by atoms with van der Waals surface area (Å²) < 4.78 is 36.4. The Hall–Kier alpha value is -1.59. The molecule has 0 saturated heterocycles. The zero-order valence-corrected chi connectivity index (χ0v) is 9.13. The van der Waals surface area contributed by atoms with E-state index in [1.165, 1.54) is 19.9 Å². The van der Waals surface area contributed by atoms with Crippen LogP contribution >= 0.6 is 0 Å². The van der Waals surface area contributed by atoms with Gasteiger partial charge in [0.25, 0.3) is 0 Å². The first-order chi connectivity index (χ1) is 7.14. The van der Waals surface area contributed by atoms with E-state index in [0.717, 1.165) is 19.1 Å². The fourth-order valence-corrected chi connectivity index (χ4v) is 0.784. The van der Waals surface area contributed by atoms with Crippen molar-refractivity contribution in [3.05, 3.63) is 45.2 Å². The van der Waals surface area contributed by atoms with Crippen LogP contribution in [0.25, 0.3) is 0 Å². The zero-order valence-electron chi connectivity index (χ0n) is 9.13. The first kappa shape index (κ1) is 14.4. The topological polar surface area (TPSA) is 43.1 Å². The maximum atomic E-state index is 12.1. The number of hydrogen-bond donors (Lipinski definition) is 0. The van der Waals surface area contributed by atoms with Crippen molar-refractivity contribution in [1.29, 1.82) is 0 Å². The second-order valence-corrected chi connectivity index (χ2v) is 3.30. The minimum atomic E-state index is -4.36. The van der Waals surface area contributed by atoms with Crippen LogP contribution in [0.1, 0.15) is 20.8 Å². The van der Waals surface area contributed by atoms with Crippen LogP contribution < -0.4 is 0 Å². The molecule has 0 aliphatic heterocycles. The number of allylic oxidation sites excluding steroid dienone is 6. The molecule has 0 radical (unpaired) electrons. The Labute approximate surface area is 91.1 Å². The van der Waals surface area contributed by atoms with E-state index in [-0.39, 0.29) is 5.70 Å². The maximum Gasteiger partial charge on any atom is 0.412 e. The average molecular weight is 235 g/mol. The third kappa shape index (κ3) is 5.33. The van der Waals surface area contributed by atoms with Crippen LogP contribution in [-0.4, -0.2) is 11.1 Å². The molecule has 0 saturated carbocycles. The van der Waals surface area contributed by atoms with E-state index < -0.39 is 16.7 Å². The van der Waals surface area contributed by atoms with Crippen molar-refractivity contribution in [2.45, 2.75) is 26.9 Å². The Balaban J connectivity index is 4.84. The molecule has 0 aromatic carbocycles. The molecule has 0 atom stereocenters. The molecule has 0 heterocycles. The number of hydrogen-bond acceptors (Lipinski definition) is 2. The van der Waals surface area contributed by atoms with E-state index in [1.807, 2.05) is 0 Å². The van der Waals surface area contributed by atoms with Crippen molar-refractivity contribution in [3.8, 4) is 0 Å². The lowest BCUT2D eigenvalue weighted by Crippen LogP contribution is -2.08. The number of alkyl halides is 3. The van der Waals surface area contributed by atoms with Crippen LogP contribution in [-0.2, 0) is 0 Å². The number of nitro groups is 1. The molecular weight excluding hydrogens is 223 g/mol. The lowest BCUT2D eigenvalue weighted by atomic mass is 10.1. The average Bonchev–Trinajstić information content (AvgIpc) is 2.12. The van der Waals surface area contributed by atoms with E-state index >= 15 is 0 Å². The van der Waals surface area contributed by atoms with Gasteiger partial charge in [0.2, 0.25) is 5.70 Å². The fourth-order valence-electron chi connectivity index (χ4n) is 0.784. The molecule has 0 amide bonds. The summed E-state index contributed by atoms with van der Waals surface area (Å²) in [5.74, 6) is 0. The molecule has 3 nitrogen and oxygen atoms in total. The Morgan fingerprint density at radius 3 is 2.06 bits per heavy atom. The van der Waals surface area contributed by atoms with Crippen molar-refractivity contribution in [2.75, 3.05) is 0 Å². The van der Waals surface area contributed by atoms with Crippen LogP contribution in [0.5, 0.6) is 0 Å². The number of rotatable bonds is 3. The molecule has 0 rings (SSSR count). The highest BCUT2D eigenvalue weighted by molar-refractivity contribution is 5.27. The lowest BCUT2D eigenvalue weighted by molar-refractivity contribution is -0.424. The monoisotopic (exact) mass is 235 g/mol. The molecule has 0 fully saturated rings. The van der Waals surface area contributed by atoms with Crippen LogP contribution in [0.4, 0.5) is 13.2 Å². The minimum Gasteiger partial charge on any atom is -0.259 e. The van der Waals surface area contributed by atoms with Crippen molar-refractivity contribution in [1.82, 2.24) is 0 Å². The van der Waals surface area contributed by atoms with Crippen LogP contribution in [0.3, 0.4) is 0 Å². The van der Waals surface area contributed by atoms with Gasteiger partial charge >= 0.3 is 6.18 Å². The fraction of sp³-hybridized carbons (Fsp3) is 0.400. The van der Waals surface area contributed by atoms with Gasteiger partial charge in [0.1, 0.15) is 0 Å². The predicted octanol–water partition coefficient (Wildman–Crippen LogP) is 3.62. The molecule has 0 aliphatic rings. The summed E-state index contributed by atoms with van der Waals surface area (Å²) in [6.45, 7) is 3.66. The van der Waals surface area contributed by atoms with Crippen LogP contribution in [0.15, 0.2) is 35.1 Å². The van der Waals surface area contributed by atoms with E-state index in [4.69, 9.17) is 0 Å². The Kier molecular flexibility index (Phi) is 4.94. The molecular formula is C10H12F3NO2. The lowest BCUT2D eigenvalue weighted by Gasteiger charge is -2.05. The Morgan fingerprint density at radius 1 is 1.19 bits per heavy atom. The second-order valence-electron chi connectivity index (χ2n) is 3.30. The molecule has 0 aromatic rings. The molecule has 16 heavy (non-hydrogen) atoms. The summed E-state index contributed by atoms with van der Waals surface area (Å²) in [6, 6.07) is 0. The van der Waals surface area contributed by atoms with Crippen LogP contribution in [0.2, 0.25) is 0 Å². The van der Waals surface area contributed by atoms with Gasteiger partial charge < -0.3 is 0 Å². The highest BCUT2D eigenvalue weighted by Crippen LogP contribution is 2.25. The van der Waals surface area contributed by atoms with Gasteiger partial charge in [-0.25, -0.2) is 0 Å². The zero-order chi connectivity index (χ0) is 12.9. The standard InChI is InChI=1S/C10H12F3NO2/c1-7(4-5-9(3)14(15)16)6-8(2)10(11,12)13/h4-6H,1-3H3/b7-4-,8-6+,9-5+. The number of nitrogens with zero attached hydrogens (tertiary/aromatic N) is 1. The molecule has 0 N–H and O–H groups in total. The van der Waals surface area contributed by atoms with E-state index in [0.29, 0.717) is 5.57 Å². The van der Waals surface area contributed by atoms with Crippen molar-refractivity contribution < 1.29 is 18.1 Å². The van der Waals surface area contributed by atoms with Crippen molar-refractivity contribution >= 4 is 0 Å². The molecule has 6 heteroatoms. The summed E-state index contributed by atoms with van der Waals surface area (Å²) >= 11 is 0. The van der Waals surface area contributed by atoms with Gasteiger partial charge in [-0.15, -0.1) is 0 Å². The van der Waals surface area contributed by atoms with Gasteiger partial charge in [0.05, 0.1) is 4.92 Å². The summed E-state index contributed by atoms with van der Waals surface area (Å²) in [4.78, 5) is 9.60. The van der Waals surface area contributed by atoms with Gasteiger partial charge in [-0.1, -0.05) is 17.7 Å². The predicted molar refractivity (Wildman–Crippen MR) is 54.3 cm³/mol. The Morgan fingerprint density at radius 2 is 1.69 bits per heavy atom. The van der Waals surface area contributed by atoms with E-state index in [9.17, 15) is 23.3 Å². The van der Waals surface area contributed by atoms with Gasteiger partial charge in [0.15, 0.2) is 0 Å². The summed E-state index contributed by atoms with van der Waals surface area (Å²) in [5, 5.41) is 10.2. The second kappa shape index (κ2) is 5.48. The SMILES string of the molecule is CC(=C/C=C(\C)[N+](=O)[O-])/C=C(\C)C(F)(F)F. The molecule has 0 bridgehead atoms. The van der Waals surface area contributed by atoms with Gasteiger partial charge in [-0.2, -0.15) is 13.2 Å². The first-order valence-electron chi connectivity index (χ1n) is 4.39. The van der Waals surface area contributed by atoms with E-state index in [1.54, 1.807) is 0 Å². The smallest absolute Gasteiger partial charge is 0.259 e. The van der Waals surface area contributed by atoms with E-state index in [2.05, 4.69) is 0 Å². The highest BCUT2D eigenvalue weighted by atomic mass is 19.4. The largest absolute Gasteiger partial charge is 0.412 e. The van der Waals surface area contributed by atoms with Crippen molar-refractivity contribution in [2.24, 2.45) is 0 Å². The molecule has 0 spiro atoms. The summed E-state index contributed by atoms with van der Waals surface area (Å²) in [7, 11) is 0. The van der Waals surface area contributed by atoms with Gasteiger partial charge in [-0.05, 0) is 13.8 Å². The third-order valence-corrected chi connectivity index (χ3v) is 1.77.